The molecule has 1 fully saturated rings. The fraction of sp³-hybridized carbons (Fsp3) is 0.471. The number of aromatic nitrogens is 1. The summed E-state index contributed by atoms with van der Waals surface area (Å²) in [4.78, 5) is 4.69. The van der Waals surface area contributed by atoms with E-state index in [2.05, 4.69) is 40.6 Å². The van der Waals surface area contributed by atoms with Crippen LogP contribution in [0.3, 0.4) is 0 Å². The van der Waals surface area contributed by atoms with Crippen LogP contribution in [-0.2, 0) is 6.54 Å². The van der Waals surface area contributed by atoms with Crippen molar-refractivity contribution in [3.05, 3.63) is 42.1 Å². The fourth-order valence-electron chi connectivity index (χ4n) is 3.00. The smallest absolute Gasteiger partial charge is 0.0705 e. The number of nitrogens with two attached hydrogens (primary N) is 1. The van der Waals surface area contributed by atoms with Crippen LogP contribution in [0.1, 0.15) is 31.4 Å². The molecule has 0 amide bonds. The van der Waals surface area contributed by atoms with Crippen molar-refractivity contribution in [1.29, 1.82) is 0 Å². The quantitative estimate of drug-likeness (QED) is 0.897. The minimum absolute atomic E-state index is 0.438. The molecule has 1 aromatic heterocycles. The minimum Gasteiger partial charge on any atom is -0.328 e. The van der Waals surface area contributed by atoms with Gasteiger partial charge in [0.15, 0.2) is 0 Å². The third kappa shape index (κ3) is 3.35. The highest BCUT2D eigenvalue weighted by Crippen LogP contribution is 2.22. The highest BCUT2D eigenvalue weighted by Gasteiger charge is 2.17. The second-order valence-corrected chi connectivity index (χ2v) is 5.91. The summed E-state index contributed by atoms with van der Waals surface area (Å²) in [6.45, 7) is 1.94. The van der Waals surface area contributed by atoms with Gasteiger partial charge in [0.25, 0.3) is 0 Å². The molecular formula is C17H23N3. The number of rotatable bonds is 4. The summed E-state index contributed by atoms with van der Waals surface area (Å²) in [7, 11) is 0. The molecule has 0 unspecified atom stereocenters. The van der Waals surface area contributed by atoms with Gasteiger partial charge in [-0.05, 0) is 50.3 Å². The predicted octanol–water partition coefficient (Wildman–Crippen LogP) is 2.84. The van der Waals surface area contributed by atoms with Gasteiger partial charge in [0, 0.05) is 18.0 Å². The Morgan fingerprint density at radius 3 is 2.70 bits per heavy atom. The molecule has 2 aromatic rings. The van der Waals surface area contributed by atoms with Gasteiger partial charge in [-0.25, -0.2) is 0 Å². The molecule has 0 saturated heterocycles. The number of nitrogens with one attached hydrogen (secondary N) is 1. The van der Waals surface area contributed by atoms with Gasteiger partial charge in [-0.3, -0.25) is 4.98 Å². The van der Waals surface area contributed by atoms with Crippen LogP contribution in [0.5, 0.6) is 0 Å². The van der Waals surface area contributed by atoms with Crippen LogP contribution in [0, 0.1) is 5.92 Å². The first kappa shape index (κ1) is 13.5. The highest BCUT2D eigenvalue weighted by molar-refractivity contribution is 5.78. The third-order valence-electron chi connectivity index (χ3n) is 4.29. The van der Waals surface area contributed by atoms with Gasteiger partial charge >= 0.3 is 0 Å². The van der Waals surface area contributed by atoms with E-state index in [1.54, 1.807) is 0 Å². The summed E-state index contributed by atoms with van der Waals surface area (Å²) in [6.07, 6.45) is 4.89. The summed E-state index contributed by atoms with van der Waals surface area (Å²) >= 11 is 0. The summed E-state index contributed by atoms with van der Waals surface area (Å²) in [6, 6.07) is 13.0. The molecule has 0 bridgehead atoms. The number of pyridine rings is 1. The van der Waals surface area contributed by atoms with Crippen LogP contribution in [-0.4, -0.2) is 17.6 Å². The van der Waals surface area contributed by atoms with Gasteiger partial charge in [0.2, 0.25) is 0 Å². The van der Waals surface area contributed by atoms with Gasteiger partial charge in [0.1, 0.15) is 0 Å². The number of hydrogen-bond acceptors (Lipinski definition) is 3. The van der Waals surface area contributed by atoms with Gasteiger partial charge in [-0.1, -0.05) is 24.3 Å². The molecule has 3 N–H and O–H groups in total. The molecule has 1 aliphatic rings. The van der Waals surface area contributed by atoms with Crippen LogP contribution in [0.4, 0.5) is 0 Å². The zero-order valence-corrected chi connectivity index (χ0v) is 11.9. The largest absolute Gasteiger partial charge is 0.328 e. The van der Waals surface area contributed by atoms with Crippen molar-refractivity contribution >= 4 is 10.9 Å². The molecule has 3 nitrogen and oxygen atoms in total. The van der Waals surface area contributed by atoms with E-state index in [0.717, 1.165) is 30.2 Å². The molecule has 1 heterocycles. The second kappa shape index (κ2) is 6.33. The molecule has 3 heteroatoms. The summed E-state index contributed by atoms with van der Waals surface area (Å²) in [5, 5.41) is 4.75. The number of nitrogens with zero attached hydrogens (tertiary/aromatic N) is 1. The Morgan fingerprint density at radius 1 is 1.05 bits per heavy atom. The average molecular weight is 269 g/mol. The van der Waals surface area contributed by atoms with Crippen LogP contribution >= 0.6 is 0 Å². The Bertz CT molecular complexity index is 559. The van der Waals surface area contributed by atoms with E-state index in [9.17, 15) is 0 Å². The number of para-hydroxylation sites is 1. The van der Waals surface area contributed by atoms with Crippen molar-refractivity contribution in [1.82, 2.24) is 10.3 Å². The van der Waals surface area contributed by atoms with E-state index in [0.29, 0.717) is 6.04 Å². The molecular weight excluding hydrogens is 246 g/mol. The molecule has 0 radical (unpaired) electrons. The number of benzene rings is 1. The van der Waals surface area contributed by atoms with E-state index < -0.39 is 0 Å². The van der Waals surface area contributed by atoms with Crippen molar-refractivity contribution in [2.45, 2.75) is 38.3 Å². The maximum Gasteiger partial charge on any atom is 0.0705 e. The van der Waals surface area contributed by atoms with Crippen LogP contribution in [0.2, 0.25) is 0 Å². The van der Waals surface area contributed by atoms with Crippen LogP contribution < -0.4 is 11.1 Å². The lowest BCUT2D eigenvalue weighted by atomic mass is 9.86. The van der Waals surface area contributed by atoms with Crippen molar-refractivity contribution in [3.8, 4) is 0 Å². The molecule has 0 atom stereocenters. The van der Waals surface area contributed by atoms with Gasteiger partial charge in [-0.2, -0.15) is 0 Å². The maximum absolute atomic E-state index is 5.94. The van der Waals surface area contributed by atoms with Gasteiger partial charge in [-0.15, -0.1) is 0 Å². The molecule has 1 aromatic carbocycles. The normalized spacial score (nSPS) is 23.1. The van der Waals surface area contributed by atoms with E-state index in [1.807, 2.05) is 6.07 Å². The fourth-order valence-corrected chi connectivity index (χ4v) is 3.00. The minimum atomic E-state index is 0.438. The Kier molecular flexibility index (Phi) is 4.28. The predicted molar refractivity (Wildman–Crippen MR) is 83.4 cm³/mol. The Hall–Kier alpha value is -1.45. The molecule has 0 spiro atoms. The lowest BCUT2D eigenvalue weighted by molar-refractivity contribution is 0.314. The second-order valence-electron chi connectivity index (χ2n) is 5.91. The molecule has 3 rings (SSSR count). The summed E-state index contributed by atoms with van der Waals surface area (Å²) in [5.74, 6) is 0.787. The first-order valence-electron chi connectivity index (χ1n) is 7.62. The zero-order chi connectivity index (χ0) is 13.8. The molecule has 106 valence electrons. The van der Waals surface area contributed by atoms with Gasteiger partial charge in [0.05, 0.1) is 11.2 Å². The van der Waals surface area contributed by atoms with E-state index in [4.69, 9.17) is 5.73 Å². The standard InChI is InChI=1S/C17H23N3/c18-15-8-5-13(6-9-15)11-19-12-16-10-7-14-3-1-2-4-17(14)20-16/h1-4,7,10,13,15,19H,5-6,8-9,11-12,18H2. The summed E-state index contributed by atoms with van der Waals surface area (Å²) < 4.78 is 0. The maximum atomic E-state index is 5.94. The van der Waals surface area contributed by atoms with Crippen LogP contribution in [0.15, 0.2) is 36.4 Å². The Labute approximate surface area is 120 Å². The van der Waals surface area contributed by atoms with E-state index in [-0.39, 0.29) is 0 Å². The Balaban J connectivity index is 1.52. The Morgan fingerprint density at radius 2 is 1.85 bits per heavy atom. The highest BCUT2D eigenvalue weighted by atomic mass is 14.9. The zero-order valence-electron chi connectivity index (χ0n) is 11.9. The third-order valence-corrected chi connectivity index (χ3v) is 4.29. The topological polar surface area (TPSA) is 50.9 Å². The summed E-state index contributed by atoms with van der Waals surface area (Å²) in [5.41, 5.74) is 8.14. The van der Waals surface area contributed by atoms with E-state index >= 15 is 0 Å². The molecule has 1 aliphatic carbocycles. The molecule has 20 heavy (non-hydrogen) atoms. The first-order valence-corrected chi connectivity index (χ1v) is 7.62. The SMILES string of the molecule is NC1CCC(CNCc2ccc3ccccc3n2)CC1. The molecule has 1 saturated carbocycles. The van der Waals surface area contributed by atoms with Gasteiger partial charge < -0.3 is 11.1 Å². The van der Waals surface area contributed by atoms with Crippen molar-refractivity contribution in [3.63, 3.8) is 0 Å². The van der Waals surface area contributed by atoms with E-state index in [1.165, 1.54) is 31.1 Å². The lowest BCUT2D eigenvalue weighted by Crippen LogP contribution is -2.31. The lowest BCUT2D eigenvalue weighted by Gasteiger charge is -2.26. The average Bonchev–Trinajstić information content (AvgIpc) is 2.49. The number of hydrogen-bond donors (Lipinski definition) is 2. The van der Waals surface area contributed by atoms with Crippen molar-refractivity contribution in [2.24, 2.45) is 11.7 Å². The van der Waals surface area contributed by atoms with Crippen molar-refractivity contribution in [2.75, 3.05) is 6.54 Å². The van der Waals surface area contributed by atoms with Crippen molar-refractivity contribution < 1.29 is 0 Å². The first-order chi connectivity index (χ1) is 9.81. The van der Waals surface area contributed by atoms with Crippen LogP contribution in [0.25, 0.3) is 10.9 Å². The number of fused-ring (bicyclic) bond motifs is 1. The molecule has 0 aliphatic heterocycles. The monoisotopic (exact) mass is 269 g/mol.